The van der Waals surface area contributed by atoms with E-state index in [1.807, 2.05) is 24.3 Å². The van der Waals surface area contributed by atoms with Gasteiger partial charge in [0.1, 0.15) is 5.75 Å². The summed E-state index contributed by atoms with van der Waals surface area (Å²) in [6, 6.07) is 14.5. The quantitative estimate of drug-likeness (QED) is 0.767. The average molecular weight is 341 g/mol. The molecule has 1 unspecified atom stereocenters. The molecule has 0 aliphatic carbocycles. The fraction of sp³-hybridized carbons (Fsp3) is 0.429. The lowest BCUT2D eigenvalue weighted by Gasteiger charge is -2.19. The van der Waals surface area contributed by atoms with Crippen LogP contribution in [0.4, 0.5) is 0 Å². The second kappa shape index (κ2) is 8.26. The molecule has 2 aromatic rings. The van der Waals surface area contributed by atoms with Gasteiger partial charge in [-0.15, -0.1) is 0 Å². The summed E-state index contributed by atoms with van der Waals surface area (Å²) < 4.78 is 16.2. The molecule has 1 aliphatic rings. The van der Waals surface area contributed by atoms with Crippen LogP contribution in [0.2, 0.25) is 0 Å². The molecule has 1 atom stereocenters. The smallest absolute Gasteiger partial charge is 0.165 e. The zero-order chi connectivity index (χ0) is 17.6. The molecule has 25 heavy (non-hydrogen) atoms. The van der Waals surface area contributed by atoms with E-state index in [-0.39, 0.29) is 0 Å². The van der Waals surface area contributed by atoms with E-state index in [1.54, 1.807) is 21.3 Å². The van der Waals surface area contributed by atoms with Crippen LogP contribution >= 0.6 is 0 Å². The second-order valence-corrected chi connectivity index (χ2v) is 6.59. The summed E-state index contributed by atoms with van der Waals surface area (Å²) in [5.74, 6) is 3.27. The van der Waals surface area contributed by atoms with Gasteiger partial charge in [0.2, 0.25) is 0 Å². The first-order valence-electron chi connectivity index (χ1n) is 8.78. The molecule has 0 saturated carbocycles. The summed E-state index contributed by atoms with van der Waals surface area (Å²) in [6.07, 6.45) is 2.36. The van der Waals surface area contributed by atoms with Gasteiger partial charge in [0.15, 0.2) is 11.5 Å². The summed E-state index contributed by atoms with van der Waals surface area (Å²) in [5.41, 5.74) is 2.57. The Labute approximate surface area is 150 Å². The Balaban J connectivity index is 1.59. The Morgan fingerprint density at radius 2 is 1.76 bits per heavy atom. The molecule has 0 amide bonds. The van der Waals surface area contributed by atoms with E-state index in [0.29, 0.717) is 5.92 Å². The number of methoxy groups -OCH3 is 3. The molecule has 1 saturated heterocycles. The van der Waals surface area contributed by atoms with Crippen LogP contribution in [0, 0.1) is 5.92 Å². The second-order valence-electron chi connectivity index (χ2n) is 6.59. The van der Waals surface area contributed by atoms with Crippen molar-refractivity contribution >= 4 is 0 Å². The van der Waals surface area contributed by atoms with E-state index in [2.05, 4.69) is 23.1 Å². The number of likely N-dealkylation sites (tertiary alicyclic amines) is 1. The van der Waals surface area contributed by atoms with Gasteiger partial charge >= 0.3 is 0 Å². The minimum atomic E-state index is 0.699. The maximum absolute atomic E-state index is 5.56. The molecule has 1 aliphatic heterocycles. The van der Waals surface area contributed by atoms with Crippen LogP contribution in [-0.2, 0) is 13.0 Å². The van der Waals surface area contributed by atoms with Crippen molar-refractivity contribution in [2.45, 2.75) is 19.4 Å². The lowest BCUT2D eigenvalue weighted by atomic mass is 9.99. The highest BCUT2D eigenvalue weighted by Crippen LogP contribution is 2.33. The van der Waals surface area contributed by atoms with Gasteiger partial charge in [0.25, 0.3) is 0 Å². The predicted molar refractivity (Wildman–Crippen MR) is 99.6 cm³/mol. The standard InChI is InChI=1S/C21H27NO3/c1-23-19-9-7-16(8-10-19)13-17-11-12-22(14-17)15-18-5-4-6-20(24-2)21(18)25-3/h4-10,17H,11-15H2,1-3H3. The summed E-state index contributed by atoms with van der Waals surface area (Å²) in [6.45, 7) is 3.15. The number of hydrogen-bond donors (Lipinski definition) is 0. The van der Waals surface area contributed by atoms with E-state index < -0.39 is 0 Å². The Kier molecular flexibility index (Phi) is 5.82. The van der Waals surface area contributed by atoms with Gasteiger partial charge in [-0.25, -0.2) is 0 Å². The number of para-hydroxylation sites is 1. The minimum absolute atomic E-state index is 0.699. The molecule has 4 heteroatoms. The van der Waals surface area contributed by atoms with Crippen LogP contribution in [0.15, 0.2) is 42.5 Å². The number of benzene rings is 2. The third kappa shape index (κ3) is 4.26. The van der Waals surface area contributed by atoms with Gasteiger partial charge in [0, 0.05) is 18.7 Å². The van der Waals surface area contributed by atoms with Gasteiger partial charge < -0.3 is 14.2 Å². The first-order valence-corrected chi connectivity index (χ1v) is 8.78. The van der Waals surface area contributed by atoms with Crippen molar-refractivity contribution in [2.24, 2.45) is 5.92 Å². The van der Waals surface area contributed by atoms with E-state index in [1.165, 1.54) is 17.5 Å². The van der Waals surface area contributed by atoms with Crippen LogP contribution in [0.5, 0.6) is 17.2 Å². The SMILES string of the molecule is COc1ccc(CC2CCN(Cc3cccc(OC)c3OC)C2)cc1. The molecule has 2 aromatic carbocycles. The molecular weight excluding hydrogens is 314 g/mol. The Morgan fingerprint density at radius 3 is 2.44 bits per heavy atom. The molecule has 0 radical (unpaired) electrons. The fourth-order valence-corrected chi connectivity index (χ4v) is 3.64. The van der Waals surface area contributed by atoms with Crippen molar-refractivity contribution in [3.63, 3.8) is 0 Å². The summed E-state index contributed by atoms with van der Waals surface area (Å²) >= 11 is 0. The molecule has 0 N–H and O–H groups in total. The van der Waals surface area contributed by atoms with Crippen LogP contribution < -0.4 is 14.2 Å². The highest BCUT2D eigenvalue weighted by molar-refractivity contribution is 5.46. The topological polar surface area (TPSA) is 30.9 Å². The number of ether oxygens (including phenoxy) is 3. The van der Waals surface area contributed by atoms with Crippen molar-refractivity contribution in [3.05, 3.63) is 53.6 Å². The van der Waals surface area contributed by atoms with Crippen molar-refractivity contribution in [1.29, 1.82) is 0 Å². The van der Waals surface area contributed by atoms with Crippen LogP contribution in [0.1, 0.15) is 17.5 Å². The Morgan fingerprint density at radius 1 is 0.960 bits per heavy atom. The van der Waals surface area contributed by atoms with E-state index in [0.717, 1.165) is 43.3 Å². The molecule has 4 nitrogen and oxygen atoms in total. The predicted octanol–water partition coefficient (Wildman–Crippen LogP) is 3.78. The van der Waals surface area contributed by atoms with E-state index >= 15 is 0 Å². The van der Waals surface area contributed by atoms with Crippen LogP contribution in [0.25, 0.3) is 0 Å². The maximum atomic E-state index is 5.56. The fourth-order valence-electron chi connectivity index (χ4n) is 3.64. The molecular formula is C21H27NO3. The Hall–Kier alpha value is -2.20. The normalized spacial score (nSPS) is 17.5. The highest BCUT2D eigenvalue weighted by atomic mass is 16.5. The Bertz CT molecular complexity index is 684. The maximum Gasteiger partial charge on any atom is 0.165 e. The first kappa shape index (κ1) is 17.6. The number of hydrogen-bond acceptors (Lipinski definition) is 4. The summed E-state index contributed by atoms with van der Waals surface area (Å²) in [4.78, 5) is 2.51. The van der Waals surface area contributed by atoms with Crippen LogP contribution in [-0.4, -0.2) is 39.3 Å². The largest absolute Gasteiger partial charge is 0.497 e. The molecule has 0 bridgehead atoms. The van der Waals surface area contributed by atoms with E-state index in [9.17, 15) is 0 Å². The van der Waals surface area contributed by atoms with Gasteiger partial charge in [-0.1, -0.05) is 24.3 Å². The summed E-state index contributed by atoms with van der Waals surface area (Å²) in [7, 11) is 5.09. The van der Waals surface area contributed by atoms with Crippen molar-refractivity contribution in [1.82, 2.24) is 4.90 Å². The molecule has 1 heterocycles. The lowest BCUT2D eigenvalue weighted by Crippen LogP contribution is -2.21. The molecule has 3 rings (SSSR count). The third-order valence-corrected chi connectivity index (χ3v) is 4.93. The van der Waals surface area contributed by atoms with Crippen molar-refractivity contribution < 1.29 is 14.2 Å². The van der Waals surface area contributed by atoms with Gasteiger partial charge in [0.05, 0.1) is 21.3 Å². The minimum Gasteiger partial charge on any atom is -0.497 e. The van der Waals surface area contributed by atoms with Crippen LogP contribution in [0.3, 0.4) is 0 Å². The lowest BCUT2D eigenvalue weighted by molar-refractivity contribution is 0.302. The van der Waals surface area contributed by atoms with Gasteiger partial charge in [-0.05, 0) is 49.1 Å². The molecule has 1 fully saturated rings. The monoisotopic (exact) mass is 341 g/mol. The van der Waals surface area contributed by atoms with E-state index in [4.69, 9.17) is 14.2 Å². The first-order chi connectivity index (χ1) is 12.2. The zero-order valence-corrected chi connectivity index (χ0v) is 15.3. The van der Waals surface area contributed by atoms with Gasteiger partial charge in [-0.3, -0.25) is 4.90 Å². The average Bonchev–Trinajstić information content (AvgIpc) is 3.09. The number of rotatable bonds is 7. The zero-order valence-electron chi connectivity index (χ0n) is 15.3. The molecule has 0 spiro atoms. The van der Waals surface area contributed by atoms with Crippen molar-refractivity contribution in [2.75, 3.05) is 34.4 Å². The third-order valence-electron chi connectivity index (χ3n) is 4.93. The van der Waals surface area contributed by atoms with Crippen molar-refractivity contribution in [3.8, 4) is 17.2 Å². The molecule has 134 valence electrons. The van der Waals surface area contributed by atoms with Gasteiger partial charge in [-0.2, -0.15) is 0 Å². The summed E-state index contributed by atoms with van der Waals surface area (Å²) in [5, 5.41) is 0. The molecule has 0 aromatic heterocycles. The number of nitrogens with zero attached hydrogens (tertiary/aromatic N) is 1. The highest BCUT2D eigenvalue weighted by Gasteiger charge is 2.24.